The first-order valence-corrected chi connectivity index (χ1v) is 12.6. The maximum atomic E-state index is 14.4. The summed E-state index contributed by atoms with van der Waals surface area (Å²) in [5.41, 5.74) is 3.24. The second-order valence-electron chi connectivity index (χ2n) is 8.25. The van der Waals surface area contributed by atoms with E-state index in [4.69, 9.17) is 5.14 Å². The minimum absolute atomic E-state index is 0.0176. The molecule has 8 nitrogen and oxygen atoms in total. The number of fused-ring (bicyclic) bond motifs is 2. The highest BCUT2D eigenvalue weighted by Gasteiger charge is 2.31. The monoisotopic (exact) mass is 478 g/mol. The molecule has 0 bridgehead atoms. The molecule has 2 atom stereocenters. The molecule has 0 fully saturated rings. The van der Waals surface area contributed by atoms with Crippen molar-refractivity contribution in [2.24, 2.45) is 9.50 Å². The number of rotatable bonds is 4. The predicted molar refractivity (Wildman–Crippen MR) is 118 cm³/mol. The molecule has 2 aliphatic carbocycles. The molecular formula is C21H23FN4O4S2. The van der Waals surface area contributed by atoms with Crippen molar-refractivity contribution < 1.29 is 23.6 Å². The number of nitrogens with one attached hydrogen (secondary N) is 1. The molecule has 1 aromatic carbocycles. The smallest absolute Gasteiger partial charge is 0.354 e. The fraction of sp³-hybridized carbons (Fsp3) is 0.429. The summed E-state index contributed by atoms with van der Waals surface area (Å²) in [4.78, 5) is 12.7. The van der Waals surface area contributed by atoms with E-state index in [1.807, 2.05) is 0 Å². The second kappa shape index (κ2) is 8.20. The summed E-state index contributed by atoms with van der Waals surface area (Å²) < 4.78 is 30.5. The van der Waals surface area contributed by atoms with Crippen molar-refractivity contribution in [1.29, 1.82) is 5.26 Å². The van der Waals surface area contributed by atoms with E-state index in [-0.39, 0.29) is 4.88 Å². The highest BCUT2D eigenvalue weighted by atomic mass is 32.2. The number of aliphatic hydroxyl groups is 2. The number of hydrogen-bond acceptors (Lipinski definition) is 6. The van der Waals surface area contributed by atoms with Crippen molar-refractivity contribution in [1.82, 2.24) is 0 Å². The van der Waals surface area contributed by atoms with Crippen LogP contribution in [0.2, 0.25) is 0 Å². The molecule has 4 rings (SSSR count). The third-order valence-corrected chi connectivity index (χ3v) is 9.25. The van der Waals surface area contributed by atoms with Crippen molar-refractivity contribution >= 4 is 33.0 Å². The number of amides is 2. The van der Waals surface area contributed by atoms with Gasteiger partial charge in [0.25, 0.3) is 0 Å². The van der Waals surface area contributed by atoms with Crippen molar-refractivity contribution in [2.75, 3.05) is 11.9 Å². The summed E-state index contributed by atoms with van der Waals surface area (Å²) in [5.74, 6) is -0.970. The van der Waals surface area contributed by atoms with Gasteiger partial charge in [-0.1, -0.05) is 0 Å². The van der Waals surface area contributed by atoms with E-state index in [0.717, 1.165) is 54.0 Å². The van der Waals surface area contributed by atoms with Gasteiger partial charge in [0.1, 0.15) is 5.60 Å². The molecule has 1 heterocycles. The molecule has 1 aromatic heterocycles. The number of hydrogen-bond donors (Lipinski definition) is 4. The molecule has 0 saturated carbocycles. The summed E-state index contributed by atoms with van der Waals surface area (Å²) in [6.07, 6.45) is 4.68. The number of nitrogens with two attached hydrogens (primary N) is 1. The minimum Gasteiger partial charge on any atom is -0.393 e. The standard InChI is InChI=1S/C21H23FN4O4S2/c1-21(29,10-27)17-8-16(22)19(31-17)32(24,30)26-20(28)25-18-13-6-2-4-11(13)15(9-23)12-5-3-7-14(12)18/h8,27,29H,2-7,10H2,1H3,(H3,24,25,26,28,30)/t21-,32+/m0/s1. The first-order chi connectivity index (χ1) is 15.1. The summed E-state index contributed by atoms with van der Waals surface area (Å²) in [6, 6.07) is 2.28. The third-order valence-electron chi connectivity index (χ3n) is 5.96. The molecule has 170 valence electrons. The van der Waals surface area contributed by atoms with E-state index in [9.17, 15) is 28.9 Å². The lowest BCUT2D eigenvalue weighted by Crippen LogP contribution is -2.24. The first kappa shape index (κ1) is 22.8. The van der Waals surface area contributed by atoms with Gasteiger partial charge in [-0.15, -0.1) is 15.7 Å². The van der Waals surface area contributed by atoms with Crippen LogP contribution < -0.4 is 10.5 Å². The molecular weight excluding hydrogens is 455 g/mol. The quantitative estimate of drug-likeness (QED) is 0.533. The molecule has 0 spiro atoms. The zero-order chi connectivity index (χ0) is 23.3. The lowest BCUT2D eigenvalue weighted by molar-refractivity contribution is 0.000654. The Kier molecular flexibility index (Phi) is 5.85. The largest absolute Gasteiger partial charge is 0.393 e. The average Bonchev–Trinajstić information content (AvgIpc) is 3.46. The van der Waals surface area contributed by atoms with Crippen LogP contribution in [0.4, 0.5) is 14.9 Å². The van der Waals surface area contributed by atoms with Crippen LogP contribution in [0.15, 0.2) is 14.6 Å². The molecule has 0 radical (unpaired) electrons. The maximum absolute atomic E-state index is 14.4. The Bertz CT molecular complexity index is 1250. The summed E-state index contributed by atoms with van der Waals surface area (Å²) in [6.45, 7) is 0.598. The lowest BCUT2D eigenvalue weighted by atomic mass is 9.93. The normalized spacial score (nSPS) is 18.2. The number of anilines is 1. The Labute approximate surface area is 189 Å². The van der Waals surface area contributed by atoms with Gasteiger partial charge in [0.15, 0.2) is 19.9 Å². The van der Waals surface area contributed by atoms with Crippen molar-refractivity contribution in [3.8, 4) is 6.07 Å². The van der Waals surface area contributed by atoms with E-state index in [0.29, 0.717) is 35.4 Å². The Hall–Kier alpha value is -2.36. The maximum Gasteiger partial charge on any atom is 0.354 e. The highest BCUT2D eigenvalue weighted by molar-refractivity contribution is 7.93. The summed E-state index contributed by atoms with van der Waals surface area (Å²) in [5, 5.41) is 37.5. The zero-order valence-electron chi connectivity index (χ0n) is 17.4. The number of nitriles is 1. The van der Waals surface area contributed by atoms with Crippen LogP contribution in [0.25, 0.3) is 0 Å². The lowest BCUT2D eigenvalue weighted by Gasteiger charge is -2.17. The number of urea groups is 1. The Balaban J connectivity index is 1.71. The molecule has 2 aromatic rings. The predicted octanol–water partition coefficient (Wildman–Crippen LogP) is 2.87. The zero-order valence-corrected chi connectivity index (χ0v) is 19.0. The van der Waals surface area contributed by atoms with Crippen LogP contribution in [0, 0.1) is 17.1 Å². The number of thiophene rings is 1. The van der Waals surface area contributed by atoms with Gasteiger partial charge in [0, 0.05) is 10.6 Å². The summed E-state index contributed by atoms with van der Waals surface area (Å²) in [7, 11) is -3.94. The van der Waals surface area contributed by atoms with Crippen molar-refractivity contribution in [2.45, 2.75) is 55.3 Å². The molecule has 32 heavy (non-hydrogen) atoms. The number of halogens is 1. The molecule has 0 saturated heterocycles. The SMILES string of the molecule is C[C@](O)(CO)c1cc(F)c([S@](N)(=O)=NC(=O)Nc2c3c(c(C#N)c4c2CCC4)CCC3)s1. The van der Waals surface area contributed by atoms with E-state index in [2.05, 4.69) is 15.7 Å². The van der Waals surface area contributed by atoms with Crippen molar-refractivity contribution in [3.05, 3.63) is 44.6 Å². The highest BCUT2D eigenvalue weighted by Crippen LogP contribution is 2.41. The van der Waals surface area contributed by atoms with E-state index < -0.39 is 38.2 Å². The van der Waals surface area contributed by atoms with Crippen LogP contribution >= 0.6 is 11.3 Å². The Morgan fingerprint density at radius 2 is 1.88 bits per heavy atom. The average molecular weight is 479 g/mol. The van der Waals surface area contributed by atoms with Gasteiger partial charge in [0.2, 0.25) is 0 Å². The molecule has 0 unspecified atom stereocenters. The Morgan fingerprint density at radius 3 is 2.41 bits per heavy atom. The van der Waals surface area contributed by atoms with Gasteiger partial charge in [-0.25, -0.2) is 18.5 Å². The number of benzene rings is 1. The topological polar surface area (TPSA) is 149 Å². The molecule has 11 heteroatoms. The van der Waals surface area contributed by atoms with E-state index in [1.165, 1.54) is 6.92 Å². The Morgan fingerprint density at radius 1 is 1.31 bits per heavy atom. The van der Waals surface area contributed by atoms with Crippen LogP contribution in [0.5, 0.6) is 0 Å². The van der Waals surface area contributed by atoms with Crippen LogP contribution in [-0.2, 0) is 41.2 Å². The second-order valence-corrected chi connectivity index (χ2v) is 11.3. The van der Waals surface area contributed by atoms with Gasteiger partial charge < -0.3 is 15.5 Å². The molecule has 2 amide bonds. The first-order valence-electron chi connectivity index (χ1n) is 10.2. The van der Waals surface area contributed by atoms with Crippen LogP contribution in [0.3, 0.4) is 0 Å². The van der Waals surface area contributed by atoms with E-state index in [1.54, 1.807) is 0 Å². The number of carbonyl (C=O) groups is 1. The third kappa shape index (κ3) is 3.82. The molecule has 0 aliphatic heterocycles. The van der Waals surface area contributed by atoms with Crippen LogP contribution in [-0.4, -0.2) is 27.1 Å². The minimum atomic E-state index is -3.94. The van der Waals surface area contributed by atoms with Crippen molar-refractivity contribution in [3.63, 3.8) is 0 Å². The van der Waals surface area contributed by atoms with Gasteiger partial charge >= 0.3 is 6.03 Å². The van der Waals surface area contributed by atoms with Gasteiger partial charge in [-0.2, -0.15) is 5.26 Å². The fourth-order valence-electron chi connectivity index (χ4n) is 4.43. The van der Waals surface area contributed by atoms with E-state index >= 15 is 0 Å². The number of aliphatic hydroxyl groups excluding tert-OH is 1. The fourth-order valence-corrected chi connectivity index (χ4v) is 6.81. The van der Waals surface area contributed by atoms with Gasteiger partial charge in [-0.3, -0.25) is 0 Å². The molecule has 2 aliphatic rings. The summed E-state index contributed by atoms with van der Waals surface area (Å²) >= 11 is 0.596. The van der Waals surface area contributed by atoms with Gasteiger partial charge in [0.05, 0.1) is 18.2 Å². The number of nitrogens with zero attached hydrogens (tertiary/aromatic N) is 2. The number of carbonyl (C=O) groups excluding carboxylic acids is 1. The van der Waals surface area contributed by atoms with Gasteiger partial charge in [-0.05, 0) is 73.8 Å². The molecule has 5 N–H and O–H groups in total. The van der Waals surface area contributed by atoms with Crippen LogP contribution in [0.1, 0.15) is 52.5 Å².